The van der Waals surface area contributed by atoms with E-state index in [2.05, 4.69) is 15.2 Å². The summed E-state index contributed by atoms with van der Waals surface area (Å²) in [4.78, 5) is 4.40. The van der Waals surface area contributed by atoms with Crippen molar-refractivity contribution in [2.75, 3.05) is 0 Å². The molecule has 0 unspecified atom stereocenters. The second-order valence-corrected chi connectivity index (χ2v) is 6.60. The Balaban J connectivity index is 1.58. The second kappa shape index (κ2) is 6.03. The summed E-state index contributed by atoms with van der Waals surface area (Å²) in [7, 11) is 0. The van der Waals surface area contributed by atoms with Crippen LogP contribution in [0.5, 0.6) is 0 Å². The monoisotopic (exact) mass is 344 g/mol. The summed E-state index contributed by atoms with van der Waals surface area (Å²) in [6.45, 7) is 5.18. The highest BCUT2D eigenvalue weighted by Crippen LogP contribution is 2.29. The molecule has 0 saturated heterocycles. The molecule has 1 aliphatic heterocycles. The number of fused-ring (bicyclic) bond motifs is 1. The highest BCUT2D eigenvalue weighted by molar-refractivity contribution is 6.30. The van der Waals surface area contributed by atoms with E-state index < -0.39 is 0 Å². The zero-order valence-electron chi connectivity index (χ0n) is 13.4. The predicted molar refractivity (Wildman–Crippen MR) is 88.6 cm³/mol. The van der Waals surface area contributed by atoms with Gasteiger partial charge in [-0.1, -0.05) is 42.7 Å². The van der Waals surface area contributed by atoms with Crippen LogP contribution in [-0.2, 0) is 17.9 Å². The minimum atomic E-state index is -0.0450. The van der Waals surface area contributed by atoms with E-state index in [0.717, 1.165) is 11.3 Å². The third-order valence-corrected chi connectivity index (χ3v) is 4.31. The second-order valence-electron chi connectivity index (χ2n) is 6.17. The lowest BCUT2D eigenvalue weighted by atomic mass is 10.1. The average molecular weight is 345 g/mol. The molecule has 1 aromatic carbocycles. The van der Waals surface area contributed by atoms with Gasteiger partial charge in [0.1, 0.15) is 6.10 Å². The van der Waals surface area contributed by atoms with Crippen molar-refractivity contribution in [2.24, 2.45) is 0 Å². The number of hydrogen-bond donors (Lipinski definition) is 0. The number of aromatic nitrogens is 4. The summed E-state index contributed by atoms with van der Waals surface area (Å²) in [6, 6.07) is 9.65. The fourth-order valence-electron chi connectivity index (χ4n) is 2.68. The molecule has 24 heavy (non-hydrogen) atoms. The quantitative estimate of drug-likeness (QED) is 0.719. The SMILES string of the molecule is CC(C)c1noc(-c2cc3n(n2)C[C@@H](c2ccc(Cl)cc2)OC3)n1. The predicted octanol–water partition coefficient (Wildman–Crippen LogP) is 3.98. The Kier molecular flexibility index (Phi) is 3.86. The molecular weight excluding hydrogens is 328 g/mol. The van der Waals surface area contributed by atoms with Gasteiger partial charge in [0, 0.05) is 10.9 Å². The summed E-state index contributed by atoms with van der Waals surface area (Å²) in [5, 5.41) is 9.31. The Morgan fingerprint density at radius 1 is 1.25 bits per heavy atom. The van der Waals surface area contributed by atoms with E-state index in [9.17, 15) is 0 Å². The van der Waals surface area contributed by atoms with E-state index >= 15 is 0 Å². The first-order chi connectivity index (χ1) is 11.6. The van der Waals surface area contributed by atoms with Gasteiger partial charge in [-0.3, -0.25) is 4.68 Å². The molecule has 0 spiro atoms. The molecule has 0 aliphatic carbocycles. The first-order valence-electron chi connectivity index (χ1n) is 7.88. The maximum absolute atomic E-state index is 5.95. The molecule has 7 heteroatoms. The van der Waals surface area contributed by atoms with Gasteiger partial charge in [-0.15, -0.1) is 0 Å². The van der Waals surface area contributed by atoms with E-state index in [-0.39, 0.29) is 12.0 Å². The molecule has 3 aromatic rings. The van der Waals surface area contributed by atoms with Gasteiger partial charge in [-0.05, 0) is 23.8 Å². The fraction of sp³-hybridized carbons (Fsp3) is 0.353. The van der Waals surface area contributed by atoms with Gasteiger partial charge in [0.25, 0.3) is 5.89 Å². The summed E-state index contributed by atoms with van der Waals surface area (Å²) < 4.78 is 13.2. The molecule has 0 N–H and O–H groups in total. The van der Waals surface area contributed by atoms with Gasteiger partial charge in [0.15, 0.2) is 11.5 Å². The van der Waals surface area contributed by atoms with Crippen molar-refractivity contribution < 1.29 is 9.26 Å². The molecule has 0 bridgehead atoms. The van der Waals surface area contributed by atoms with Crippen LogP contribution in [0.4, 0.5) is 0 Å². The molecule has 0 saturated carbocycles. The van der Waals surface area contributed by atoms with Crippen LogP contribution < -0.4 is 0 Å². The largest absolute Gasteiger partial charge is 0.365 e. The van der Waals surface area contributed by atoms with Gasteiger partial charge in [0.2, 0.25) is 0 Å². The number of halogens is 1. The van der Waals surface area contributed by atoms with Crippen LogP contribution in [0.1, 0.15) is 43.0 Å². The van der Waals surface area contributed by atoms with Crippen LogP contribution in [0.3, 0.4) is 0 Å². The van der Waals surface area contributed by atoms with E-state index in [1.54, 1.807) is 0 Å². The summed E-state index contributed by atoms with van der Waals surface area (Å²) in [5.41, 5.74) is 2.77. The lowest BCUT2D eigenvalue weighted by molar-refractivity contribution is -0.00112. The third kappa shape index (κ3) is 2.83. The zero-order valence-corrected chi connectivity index (χ0v) is 14.2. The van der Waals surface area contributed by atoms with Crippen LogP contribution in [0, 0.1) is 0 Å². The van der Waals surface area contributed by atoms with Gasteiger partial charge in [-0.2, -0.15) is 10.1 Å². The number of nitrogens with zero attached hydrogens (tertiary/aromatic N) is 4. The Bertz CT molecular complexity index is 854. The van der Waals surface area contributed by atoms with Gasteiger partial charge in [-0.25, -0.2) is 0 Å². The minimum absolute atomic E-state index is 0.0450. The van der Waals surface area contributed by atoms with E-state index in [4.69, 9.17) is 20.9 Å². The zero-order chi connectivity index (χ0) is 16.7. The minimum Gasteiger partial charge on any atom is -0.365 e. The topological polar surface area (TPSA) is 66.0 Å². The number of rotatable bonds is 3. The standard InChI is InChI=1S/C17H17ClN4O2/c1-10(2)16-19-17(24-21-16)14-7-13-9-23-15(8-22(13)20-14)11-3-5-12(18)6-4-11/h3-7,10,15H,8-9H2,1-2H3/t15-/m0/s1. The van der Waals surface area contributed by atoms with Gasteiger partial charge in [0.05, 0.1) is 18.8 Å². The smallest absolute Gasteiger partial charge is 0.278 e. The molecule has 4 rings (SSSR count). The summed E-state index contributed by atoms with van der Waals surface area (Å²) >= 11 is 5.95. The molecule has 0 amide bonds. The molecule has 1 atom stereocenters. The maximum atomic E-state index is 5.95. The number of benzene rings is 1. The van der Waals surface area contributed by atoms with Crippen LogP contribution >= 0.6 is 11.6 Å². The van der Waals surface area contributed by atoms with Crippen molar-refractivity contribution in [3.63, 3.8) is 0 Å². The highest BCUT2D eigenvalue weighted by atomic mass is 35.5. The van der Waals surface area contributed by atoms with Gasteiger partial charge < -0.3 is 9.26 Å². The Hall–Kier alpha value is -2.18. The maximum Gasteiger partial charge on any atom is 0.278 e. The van der Waals surface area contributed by atoms with Crippen LogP contribution in [-0.4, -0.2) is 19.9 Å². The first-order valence-corrected chi connectivity index (χ1v) is 8.25. The van der Waals surface area contributed by atoms with Crippen molar-refractivity contribution in [3.8, 4) is 11.6 Å². The molecule has 2 aromatic heterocycles. The van der Waals surface area contributed by atoms with Crippen molar-refractivity contribution in [3.05, 3.63) is 52.4 Å². The fourth-order valence-corrected chi connectivity index (χ4v) is 2.81. The lowest BCUT2D eigenvalue weighted by Crippen LogP contribution is -2.21. The molecule has 3 heterocycles. The summed E-state index contributed by atoms with van der Waals surface area (Å²) in [5.74, 6) is 1.35. The average Bonchev–Trinajstić information content (AvgIpc) is 3.21. The van der Waals surface area contributed by atoms with Crippen molar-refractivity contribution in [2.45, 2.75) is 39.0 Å². The molecule has 0 radical (unpaired) electrons. The number of hydrogen-bond acceptors (Lipinski definition) is 5. The van der Waals surface area contributed by atoms with Gasteiger partial charge >= 0.3 is 0 Å². The van der Waals surface area contributed by atoms with Crippen LogP contribution in [0.15, 0.2) is 34.9 Å². The lowest BCUT2D eigenvalue weighted by Gasteiger charge is -2.24. The molecule has 124 valence electrons. The van der Waals surface area contributed by atoms with Crippen molar-refractivity contribution in [1.29, 1.82) is 0 Å². The van der Waals surface area contributed by atoms with Crippen molar-refractivity contribution >= 4 is 11.6 Å². The molecular formula is C17H17ClN4O2. The Morgan fingerprint density at radius 3 is 2.75 bits per heavy atom. The molecule has 1 aliphatic rings. The third-order valence-electron chi connectivity index (χ3n) is 4.05. The normalized spacial score (nSPS) is 17.2. The van der Waals surface area contributed by atoms with Crippen LogP contribution in [0.2, 0.25) is 5.02 Å². The first kappa shape index (κ1) is 15.4. The van der Waals surface area contributed by atoms with E-state index in [1.165, 1.54) is 0 Å². The number of ether oxygens (including phenoxy) is 1. The highest BCUT2D eigenvalue weighted by Gasteiger charge is 2.24. The molecule has 6 nitrogen and oxygen atoms in total. The van der Waals surface area contributed by atoms with E-state index in [0.29, 0.717) is 35.6 Å². The Labute approximate surface area is 144 Å². The van der Waals surface area contributed by atoms with Crippen molar-refractivity contribution in [1.82, 2.24) is 19.9 Å². The summed E-state index contributed by atoms with van der Waals surface area (Å²) in [6.07, 6.45) is -0.0450. The van der Waals surface area contributed by atoms with Crippen LogP contribution in [0.25, 0.3) is 11.6 Å². The molecule has 0 fully saturated rings. The van der Waals surface area contributed by atoms with E-state index in [1.807, 2.05) is 48.9 Å². The Morgan fingerprint density at radius 2 is 2.04 bits per heavy atom.